The van der Waals surface area contributed by atoms with Crippen LogP contribution in [0.4, 0.5) is 0 Å². The van der Waals surface area contributed by atoms with Gasteiger partial charge in [0.25, 0.3) is 0 Å². The molecule has 0 aromatic carbocycles. The minimum Gasteiger partial charge on any atom is -0.358 e. The number of hydrogen-bond acceptors (Lipinski definition) is 3. The minimum absolute atomic E-state index is 0.189. The zero-order chi connectivity index (χ0) is 14.2. The van der Waals surface area contributed by atoms with Crippen molar-refractivity contribution in [2.45, 2.75) is 57.8 Å². The van der Waals surface area contributed by atoms with Crippen LogP contribution in [-0.4, -0.2) is 23.8 Å². The van der Waals surface area contributed by atoms with E-state index in [-0.39, 0.29) is 5.92 Å². The van der Waals surface area contributed by atoms with Crippen molar-refractivity contribution in [3.63, 3.8) is 0 Å². The Bertz CT molecular complexity index is 401. The molecule has 1 unspecified atom stereocenters. The maximum absolute atomic E-state index is 9.63. The van der Waals surface area contributed by atoms with Crippen LogP contribution in [0.2, 0.25) is 0 Å². The van der Waals surface area contributed by atoms with E-state index in [9.17, 15) is 5.26 Å². The summed E-state index contributed by atoms with van der Waals surface area (Å²) in [6, 6.07) is 2.46. The third-order valence-electron chi connectivity index (χ3n) is 4.63. The maximum atomic E-state index is 9.63. The van der Waals surface area contributed by atoms with Gasteiger partial charge < -0.3 is 4.90 Å². The summed E-state index contributed by atoms with van der Waals surface area (Å²) in [5, 5.41) is 18.6. The van der Waals surface area contributed by atoms with Crippen molar-refractivity contribution in [1.29, 1.82) is 10.5 Å². The lowest BCUT2D eigenvalue weighted by Crippen LogP contribution is -2.41. The van der Waals surface area contributed by atoms with Crippen molar-refractivity contribution in [3.8, 4) is 12.3 Å². The molecule has 1 heterocycles. The van der Waals surface area contributed by atoms with Gasteiger partial charge in [-0.1, -0.05) is 25.7 Å². The summed E-state index contributed by atoms with van der Waals surface area (Å²) >= 11 is 0. The number of amidine groups is 1. The van der Waals surface area contributed by atoms with Gasteiger partial charge in [-0.2, -0.15) is 15.5 Å². The van der Waals surface area contributed by atoms with E-state index in [1.807, 2.05) is 6.19 Å². The van der Waals surface area contributed by atoms with Crippen molar-refractivity contribution in [2.75, 3.05) is 13.1 Å². The fourth-order valence-corrected chi connectivity index (χ4v) is 3.53. The molecule has 0 amide bonds. The topological polar surface area (TPSA) is 63.2 Å². The van der Waals surface area contributed by atoms with Crippen LogP contribution in [0.1, 0.15) is 57.8 Å². The van der Waals surface area contributed by atoms with E-state index in [0.29, 0.717) is 5.92 Å². The first-order valence-corrected chi connectivity index (χ1v) is 7.98. The van der Waals surface area contributed by atoms with Crippen LogP contribution in [0.25, 0.3) is 0 Å². The molecule has 2 fully saturated rings. The monoisotopic (exact) mass is 272 g/mol. The van der Waals surface area contributed by atoms with Gasteiger partial charge in [-0.3, -0.25) is 0 Å². The molecule has 4 heteroatoms. The van der Waals surface area contributed by atoms with Gasteiger partial charge in [-0.05, 0) is 38.0 Å². The third-order valence-corrected chi connectivity index (χ3v) is 4.63. The lowest BCUT2D eigenvalue weighted by atomic mass is 9.85. The molecule has 0 N–H and O–H groups in total. The zero-order valence-electron chi connectivity index (χ0n) is 12.2. The van der Waals surface area contributed by atoms with E-state index >= 15 is 0 Å². The van der Waals surface area contributed by atoms with E-state index in [0.717, 1.165) is 44.6 Å². The van der Waals surface area contributed by atoms with Crippen LogP contribution in [-0.2, 0) is 0 Å². The van der Waals surface area contributed by atoms with Gasteiger partial charge >= 0.3 is 0 Å². The number of rotatable bonds is 2. The van der Waals surface area contributed by atoms with Gasteiger partial charge in [0, 0.05) is 13.1 Å². The van der Waals surface area contributed by atoms with Crippen LogP contribution >= 0.6 is 0 Å². The second-order valence-electron chi connectivity index (χ2n) is 5.98. The first kappa shape index (κ1) is 14.9. The summed E-state index contributed by atoms with van der Waals surface area (Å²) in [6.45, 7) is 1.90. The molecule has 1 atom stereocenters. The molecule has 2 aliphatic rings. The van der Waals surface area contributed by atoms with Crippen LogP contribution in [0, 0.1) is 34.6 Å². The average molecular weight is 272 g/mol. The van der Waals surface area contributed by atoms with Gasteiger partial charge in [-0.25, -0.2) is 0 Å². The average Bonchev–Trinajstić information content (AvgIpc) is 2.77. The summed E-state index contributed by atoms with van der Waals surface area (Å²) in [5.74, 6) is 0.948. The van der Waals surface area contributed by atoms with Crippen molar-refractivity contribution >= 4 is 5.84 Å². The summed E-state index contributed by atoms with van der Waals surface area (Å²) in [6.07, 6.45) is 12.7. The van der Waals surface area contributed by atoms with Crippen LogP contribution in [0.5, 0.6) is 0 Å². The molecule has 0 radical (unpaired) electrons. The number of hydrogen-bond donors (Lipinski definition) is 0. The van der Waals surface area contributed by atoms with Gasteiger partial charge in [-0.15, -0.1) is 0 Å². The number of nitrogens with zero attached hydrogens (tertiary/aromatic N) is 4. The van der Waals surface area contributed by atoms with Crippen molar-refractivity contribution in [1.82, 2.24) is 4.90 Å². The van der Waals surface area contributed by atoms with Crippen molar-refractivity contribution in [3.05, 3.63) is 0 Å². The lowest BCUT2D eigenvalue weighted by Gasteiger charge is -2.33. The third kappa shape index (κ3) is 3.73. The molecular formula is C16H24N4. The largest absolute Gasteiger partial charge is 0.358 e. The lowest BCUT2D eigenvalue weighted by molar-refractivity contribution is 0.311. The van der Waals surface area contributed by atoms with E-state index in [1.165, 1.54) is 32.1 Å². The molecule has 20 heavy (non-hydrogen) atoms. The molecule has 1 aliphatic carbocycles. The van der Waals surface area contributed by atoms with Gasteiger partial charge in [0.05, 0.1) is 6.07 Å². The van der Waals surface area contributed by atoms with Crippen LogP contribution in [0.3, 0.4) is 0 Å². The Hall–Kier alpha value is -1.55. The first-order chi connectivity index (χ1) is 9.86. The summed E-state index contributed by atoms with van der Waals surface area (Å²) < 4.78 is 0. The molecule has 4 nitrogen and oxygen atoms in total. The molecule has 2 rings (SSSR count). The molecule has 1 aliphatic heterocycles. The minimum atomic E-state index is -0.189. The Kier molecular flexibility index (Phi) is 5.87. The highest BCUT2D eigenvalue weighted by molar-refractivity contribution is 5.88. The Morgan fingerprint density at radius 2 is 1.55 bits per heavy atom. The second kappa shape index (κ2) is 7.90. The molecule has 108 valence electrons. The van der Waals surface area contributed by atoms with Gasteiger partial charge in [0.2, 0.25) is 6.19 Å². The number of nitriles is 2. The standard InChI is InChI=1S/C16H24N4/c17-12-15(14-8-4-1-2-5-9-14)16(19-13-18)20-10-6-3-7-11-20/h14-15H,1-11H2. The Morgan fingerprint density at radius 1 is 0.950 bits per heavy atom. The zero-order valence-corrected chi connectivity index (χ0v) is 12.2. The Balaban J connectivity index is 2.14. The summed E-state index contributed by atoms with van der Waals surface area (Å²) in [5.41, 5.74) is 0. The Labute approximate surface area is 122 Å². The molecular weight excluding hydrogens is 248 g/mol. The van der Waals surface area contributed by atoms with E-state index in [4.69, 9.17) is 5.26 Å². The SMILES string of the molecule is N#CN=C(C(C#N)C1CCCCCC1)N1CCCCC1. The van der Waals surface area contributed by atoms with Gasteiger partial charge in [0.1, 0.15) is 11.8 Å². The predicted molar refractivity (Wildman–Crippen MR) is 78.8 cm³/mol. The number of aliphatic imine (C=N–C) groups is 1. The molecule has 0 spiro atoms. The highest BCUT2D eigenvalue weighted by atomic mass is 15.2. The fraction of sp³-hybridized carbons (Fsp3) is 0.812. The first-order valence-electron chi connectivity index (χ1n) is 7.98. The normalized spacial score (nSPS) is 23.5. The highest BCUT2D eigenvalue weighted by Crippen LogP contribution is 2.31. The van der Waals surface area contributed by atoms with Gasteiger partial charge in [0.15, 0.2) is 0 Å². The van der Waals surface area contributed by atoms with Crippen molar-refractivity contribution < 1.29 is 0 Å². The molecule has 0 aromatic rings. The Morgan fingerprint density at radius 3 is 2.10 bits per heavy atom. The molecule has 0 aromatic heterocycles. The highest BCUT2D eigenvalue weighted by Gasteiger charge is 2.31. The quantitative estimate of drug-likeness (QED) is 0.335. The van der Waals surface area contributed by atoms with Crippen LogP contribution < -0.4 is 0 Å². The van der Waals surface area contributed by atoms with Crippen LogP contribution in [0.15, 0.2) is 4.99 Å². The second-order valence-corrected chi connectivity index (χ2v) is 5.98. The summed E-state index contributed by atoms with van der Waals surface area (Å²) in [4.78, 5) is 6.24. The van der Waals surface area contributed by atoms with E-state index < -0.39 is 0 Å². The molecule has 1 saturated carbocycles. The van der Waals surface area contributed by atoms with E-state index in [1.54, 1.807) is 0 Å². The summed E-state index contributed by atoms with van der Waals surface area (Å²) in [7, 11) is 0. The fourth-order valence-electron chi connectivity index (χ4n) is 3.53. The maximum Gasteiger partial charge on any atom is 0.207 e. The van der Waals surface area contributed by atoms with Crippen molar-refractivity contribution in [2.24, 2.45) is 16.8 Å². The molecule has 1 saturated heterocycles. The number of likely N-dealkylation sites (tertiary alicyclic amines) is 1. The van der Waals surface area contributed by atoms with E-state index in [2.05, 4.69) is 16.0 Å². The predicted octanol–water partition coefficient (Wildman–Crippen LogP) is 3.46. The number of piperidine rings is 1. The smallest absolute Gasteiger partial charge is 0.207 e. The molecule has 0 bridgehead atoms.